The van der Waals surface area contributed by atoms with Crippen molar-refractivity contribution in [1.82, 2.24) is 9.55 Å². The Morgan fingerprint density at radius 2 is 2.05 bits per heavy atom. The lowest BCUT2D eigenvalue weighted by Crippen LogP contribution is -2.17. The zero-order chi connectivity index (χ0) is 14.9. The first-order valence-electron chi connectivity index (χ1n) is 5.31. The largest absolute Gasteiger partial charge is 0.573 e. The highest BCUT2D eigenvalue weighted by Gasteiger charge is 2.31. The van der Waals surface area contributed by atoms with E-state index in [9.17, 15) is 23.3 Å². The molecule has 0 bridgehead atoms. The second kappa shape index (κ2) is 4.83. The Labute approximate surface area is 110 Å². The Hall–Kier alpha value is -2.58. The summed E-state index contributed by atoms with van der Waals surface area (Å²) < 4.78 is 41.6. The molecule has 0 radical (unpaired) electrons. The molecule has 2 aromatic rings. The average Bonchev–Trinajstić information content (AvgIpc) is 2.74. The monoisotopic (exact) mass is 287 g/mol. The third kappa shape index (κ3) is 3.25. The molecule has 0 fully saturated rings. The van der Waals surface area contributed by atoms with Crippen molar-refractivity contribution in [2.24, 2.45) is 0 Å². The molecule has 0 saturated heterocycles. The molecule has 0 aliphatic heterocycles. The Morgan fingerprint density at radius 1 is 1.35 bits per heavy atom. The summed E-state index contributed by atoms with van der Waals surface area (Å²) in [6.45, 7) is 1.58. The van der Waals surface area contributed by atoms with Gasteiger partial charge in [0, 0.05) is 6.07 Å². The van der Waals surface area contributed by atoms with Gasteiger partial charge in [0.2, 0.25) is 6.33 Å². The van der Waals surface area contributed by atoms with Gasteiger partial charge >= 0.3 is 12.2 Å². The van der Waals surface area contributed by atoms with E-state index < -0.39 is 22.9 Å². The number of alkyl halides is 3. The minimum Gasteiger partial charge on any atom is -0.406 e. The minimum absolute atomic E-state index is 0.282. The van der Waals surface area contributed by atoms with Crippen LogP contribution in [0.15, 0.2) is 30.7 Å². The van der Waals surface area contributed by atoms with Crippen LogP contribution < -0.4 is 4.74 Å². The Bertz CT molecular complexity index is 652. The number of rotatable bonds is 3. The first-order valence-corrected chi connectivity index (χ1v) is 5.31. The summed E-state index contributed by atoms with van der Waals surface area (Å²) in [6, 6.07) is 3.88. The van der Waals surface area contributed by atoms with Crippen LogP contribution in [0.5, 0.6) is 5.75 Å². The lowest BCUT2D eigenvalue weighted by molar-refractivity contribution is -0.389. The zero-order valence-corrected chi connectivity index (χ0v) is 10.1. The average molecular weight is 287 g/mol. The van der Waals surface area contributed by atoms with Gasteiger partial charge in [-0.15, -0.1) is 13.2 Å². The van der Waals surface area contributed by atoms with Crippen LogP contribution in [-0.4, -0.2) is 20.8 Å². The van der Waals surface area contributed by atoms with Gasteiger partial charge in [0.25, 0.3) is 0 Å². The summed E-state index contributed by atoms with van der Waals surface area (Å²) >= 11 is 0. The molecular weight excluding hydrogens is 279 g/mol. The van der Waals surface area contributed by atoms with Crippen LogP contribution in [0, 0.1) is 17.0 Å². The smallest absolute Gasteiger partial charge is 0.406 e. The van der Waals surface area contributed by atoms with Crippen molar-refractivity contribution >= 4 is 5.82 Å². The first kappa shape index (κ1) is 13.8. The molecule has 0 spiro atoms. The van der Waals surface area contributed by atoms with E-state index in [0.29, 0.717) is 5.56 Å². The number of hydrogen-bond donors (Lipinski definition) is 0. The zero-order valence-electron chi connectivity index (χ0n) is 10.1. The standard InChI is InChI=1S/C11H8F3N3O3/c1-7-2-8(4-9(3-7)20-11(12,13)14)16-5-10(15-6-16)17(18)19/h2-6H,1H3. The van der Waals surface area contributed by atoms with Crippen LogP contribution in [0.3, 0.4) is 0 Å². The maximum absolute atomic E-state index is 12.2. The van der Waals surface area contributed by atoms with Crippen molar-refractivity contribution in [3.8, 4) is 11.4 Å². The number of aromatic nitrogens is 2. The predicted octanol–water partition coefficient (Wildman–Crippen LogP) is 2.99. The van der Waals surface area contributed by atoms with E-state index in [2.05, 4.69) is 9.72 Å². The van der Waals surface area contributed by atoms with Gasteiger partial charge in [0.1, 0.15) is 11.9 Å². The molecule has 2 rings (SSSR count). The van der Waals surface area contributed by atoms with Crippen molar-refractivity contribution in [3.05, 3.63) is 46.4 Å². The van der Waals surface area contributed by atoms with Gasteiger partial charge in [0.15, 0.2) is 0 Å². The van der Waals surface area contributed by atoms with Crippen molar-refractivity contribution in [2.75, 3.05) is 0 Å². The topological polar surface area (TPSA) is 70.2 Å². The van der Waals surface area contributed by atoms with Crippen molar-refractivity contribution in [3.63, 3.8) is 0 Å². The number of imidazole rings is 1. The molecule has 0 amide bonds. The number of nitrogens with zero attached hydrogens (tertiary/aromatic N) is 3. The van der Waals surface area contributed by atoms with E-state index >= 15 is 0 Å². The molecule has 0 N–H and O–H groups in total. The third-order valence-electron chi connectivity index (χ3n) is 2.32. The van der Waals surface area contributed by atoms with Crippen molar-refractivity contribution in [2.45, 2.75) is 13.3 Å². The molecule has 6 nitrogen and oxygen atoms in total. The SMILES string of the molecule is Cc1cc(OC(F)(F)F)cc(-n2cnc([N+](=O)[O-])c2)c1. The van der Waals surface area contributed by atoms with E-state index in [1.54, 1.807) is 13.0 Å². The normalized spacial score (nSPS) is 11.4. The van der Waals surface area contributed by atoms with Crippen LogP contribution >= 0.6 is 0 Å². The molecule has 0 aliphatic carbocycles. The van der Waals surface area contributed by atoms with E-state index in [4.69, 9.17) is 0 Å². The fourth-order valence-electron chi connectivity index (χ4n) is 1.62. The molecule has 106 valence electrons. The Kier molecular flexibility index (Phi) is 3.35. The Morgan fingerprint density at radius 3 is 2.60 bits per heavy atom. The number of ether oxygens (including phenoxy) is 1. The summed E-state index contributed by atoms with van der Waals surface area (Å²) in [6.07, 6.45) is -2.55. The lowest BCUT2D eigenvalue weighted by Gasteiger charge is -2.11. The van der Waals surface area contributed by atoms with Crippen LogP contribution in [0.2, 0.25) is 0 Å². The van der Waals surface area contributed by atoms with Crippen LogP contribution in [0.4, 0.5) is 19.0 Å². The summed E-state index contributed by atoms with van der Waals surface area (Å²) in [7, 11) is 0. The van der Waals surface area contributed by atoms with E-state index in [1.807, 2.05) is 0 Å². The molecule has 0 saturated carbocycles. The van der Waals surface area contributed by atoms with Crippen molar-refractivity contribution < 1.29 is 22.8 Å². The second-order valence-electron chi connectivity index (χ2n) is 3.95. The van der Waals surface area contributed by atoms with Gasteiger partial charge in [-0.1, -0.05) is 0 Å². The number of hydrogen-bond acceptors (Lipinski definition) is 4. The third-order valence-corrected chi connectivity index (χ3v) is 2.32. The van der Waals surface area contributed by atoms with Crippen molar-refractivity contribution in [1.29, 1.82) is 0 Å². The molecular formula is C11H8F3N3O3. The molecule has 0 aliphatic rings. The molecule has 1 heterocycles. The van der Waals surface area contributed by atoms with Crippen LogP contribution in [0.25, 0.3) is 5.69 Å². The number of nitro groups is 1. The number of halogens is 3. The quantitative estimate of drug-likeness (QED) is 0.642. The number of aryl methyl sites for hydroxylation is 1. The van der Waals surface area contributed by atoms with E-state index in [-0.39, 0.29) is 5.69 Å². The maximum atomic E-state index is 12.2. The highest BCUT2D eigenvalue weighted by atomic mass is 19.4. The second-order valence-corrected chi connectivity index (χ2v) is 3.95. The van der Waals surface area contributed by atoms with Gasteiger partial charge < -0.3 is 14.9 Å². The molecule has 0 unspecified atom stereocenters. The minimum atomic E-state index is -4.80. The first-order chi connectivity index (χ1) is 9.24. The van der Waals surface area contributed by atoms with Gasteiger partial charge in [-0.25, -0.2) is 0 Å². The fourth-order valence-corrected chi connectivity index (χ4v) is 1.62. The predicted molar refractivity (Wildman–Crippen MR) is 61.6 cm³/mol. The van der Waals surface area contributed by atoms with Gasteiger partial charge in [-0.2, -0.15) is 0 Å². The summed E-state index contributed by atoms with van der Waals surface area (Å²) in [4.78, 5) is 13.4. The fraction of sp³-hybridized carbons (Fsp3) is 0.182. The lowest BCUT2D eigenvalue weighted by atomic mass is 10.2. The molecule has 1 aromatic carbocycles. The maximum Gasteiger partial charge on any atom is 0.573 e. The summed E-state index contributed by atoms with van der Waals surface area (Å²) in [5.41, 5.74) is 0.794. The summed E-state index contributed by atoms with van der Waals surface area (Å²) in [5, 5.41) is 10.5. The van der Waals surface area contributed by atoms with E-state index in [1.165, 1.54) is 10.6 Å². The van der Waals surface area contributed by atoms with E-state index in [0.717, 1.165) is 18.6 Å². The highest BCUT2D eigenvalue weighted by molar-refractivity contribution is 5.44. The molecule has 1 aromatic heterocycles. The van der Waals surface area contributed by atoms with Crippen LogP contribution in [0.1, 0.15) is 5.56 Å². The molecule has 9 heteroatoms. The van der Waals surface area contributed by atoms with Gasteiger partial charge in [0.05, 0.1) is 5.69 Å². The highest BCUT2D eigenvalue weighted by Crippen LogP contribution is 2.26. The molecule has 20 heavy (non-hydrogen) atoms. The van der Waals surface area contributed by atoms with Gasteiger partial charge in [-0.05, 0) is 34.5 Å². The van der Waals surface area contributed by atoms with Gasteiger partial charge in [-0.3, -0.25) is 4.57 Å². The Balaban J connectivity index is 2.38. The van der Waals surface area contributed by atoms with Crippen LogP contribution in [-0.2, 0) is 0 Å². The number of benzene rings is 1. The molecule has 0 atom stereocenters. The summed E-state index contributed by atoms with van der Waals surface area (Å²) in [5.74, 6) is -0.798.